The maximum atomic E-state index is 13.7. The van der Waals surface area contributed by atoms with Crippen LogP contribution >= 0.6 is 0 Å². The second-order valence-electron chi connectivity index (χ2n) is 4.11. The molecule has 19 heavy (non-hydrogen) atoms. The highest BCUT2D eigenvalue weighted by Gasteiger charge is 2.15. The number of methoxy groups -OCH3 is 1. The van der Waals surface area contributed by atoms with E-state index in [-0.39, 0.29) is 5.56 Å². The van der Waals surface area contributed by atoms with E-state index in [9.17, 15) is 9.50 Å². The lowest BCUT2D eigenvalue weighted by molar-refractivity contribution is 0.190. The fourth-order valence-electron chi connectivity index (χ4n) is 1.78. The average Bonchev–Trinajstić information content (AvgIpc) is 2.39. The molecule has 1 N–H and O–H groups in total. The van der Waals surface area contributed by atoms with Gasteiger partial charge in [0.2, 0.25) is 0 Å². The summed E-state index contributed by atoms with van der Waals surface area (Å²) >= 11 is 0. The Morgan fingerprint density at radius 2 is 1.68 bits per heavy atom. The van der Waals surface area contributed by atoms with Gasteiger partial charge in [-0.3, -0.25) is 0 Å². The molecule has 0 radical (unpaired) electrons. The van der Waals surface area contributed by atoms with E-state index in [4.69, 9.17) is 9.47 Å². The molecule has 0 aliphatic carbocycles. The van der Waals surface area contributed by atoms with Crippen LogP contribution in [0.1, 0.15) is 18.6 Å². The Labute approximate surface area is 111 Å². The summed E-state index contributed by atoms with van der Waals surface area (Å²) in [7, 11) is 1.58. The fraction of sp³-hybridized carbons (Fsp3) is 0.200. The van der Waals surface area contributed by atoms with Crippen LogP contribution < -0.4 is 9.47 Å². The number of halogens is 1. The summed E-state index contributed by atoms with van der Waals surface area (Å²) < 4.78 is 24.3. The van der Waals surface area contributed by atoms with Gasteiger partial charge in [0.1, 0.15) is 23.1 Å². The Hall–Kier alpha value is -2.07. The van der Waals surface area contributed by atoms with Crippen LogP contribution in [0.2, 0.25) is 0 Å². The molecule has 0 amide bonds. The van der Waals surface area contributed by atoms with Crippen molar-refractivity contribution in [3.8, 4) is 17.2 Å². The van der Waals surface area contributed by atoms with Crippen LogP contribution in [0.3, 0.4) is 0 Å². The van der Waals surface area contributed by atoms with Gasteiger partial charge in [-0.2, -0.15) is 0 Å². The minimum Gasteiger partial charge on any atom is -0.497 e. The molecular formula is C15H15FO3. The van der Waals surface area contributed by atoms with E-state index in [0.717, 1.165) is 0 Å². The zero-order valence-electron chi connectivity index (χ0n) is 10.8. The largest absolute Gasteiger partial charge is 0.497 e. The molecule has 100 valence electrons. The van der Waals surface area contributed by atoms with Gasteiger partial charge in [0.25, 0.3) is 0 Å². The van der Waals surface area contributed by atoms with Crippen molar-refractivity contribution in [2.75, 3.05) is 7.11 Å². The monoisotopic (exact) mass is 262 g/mol. The lowest BCUT2D eigenvalue weighted by Gasteiger charge is -2.14. The molecule has 4 heteroatoms. The van der Waals surface area contributed by atoms with E-state index in [1.54, 1.807) is 43.5 Å². The summed E-state index contributed by atoms with van der Waals surface area (Å²) in [5.74, 6) is 1.08. The summed E-state index contributed by atoms with van der Waals surface area (Å²) in [4.78, 5) is 0. The maximum absolute atomic E-state index is 13.7. The van der Waals surface area contributed by atoms with E-state index in [0.29, 0.717) is 17.2 Å². The molecule has 0 aliphatic rings. The molecule has 0 spiro atoms. The minimum atomic E-state index is -0.936. The SMILES string of the molecule is COc1ccc(Oc2cccc(F)c2C(C)O)cc1. The molecule has 0 saturated carbocycles. The van der Waals surface area contributed by atoms with E-state index in [1.807, 2.05) is 0 Å². The quantitative estimate of drug-likeness (QED) is 0.913. The smallest absolute Gasteiger partial charge is 0.136 e. The summed E-state index contributed by atoms with van der Waals surface area (Å²) in [6, 6.07) is 11.4. The summed E-state index contributed by atoms with van der Waals surface area (Å²) in [5, 5.41) is 9.61. The number of aliphatic hydroxyl groups excluding tert-OH is 1. The van der Waals surface area contributed by atoms with Crippen molar-refractivity contribution in [1.82, 2.24) is 0 Å². The van der Waals surface area contributed by atoms with Crippen LogP contribution in [0.15, 0.2) is 42.5 Å². The number of aliphatic hydroxyl groups is 1. The van der Waals surface area contributed by atoms with Crippen molar-refractivity contribution >= 4 is 0 Å². The van der Waals surface area contributed by atoms with Gasteiger partial charge in [0, 0.05) is 0 Å². The van der Waals surface area contributed by atoms with Gasteiger partial charge < -0.3 is 14.6 Å². The Balaban J connectivity index is 2.29. The topological polar surface area (TPSA) is 38.7 Å². The van der Waals surface area contributed by atoms with Gasteiger partial charge in [-0.25, -0.2) is 4.39 Å². The molecule has 2 rings (SSSR count). The standard InChI is InChI=1S/C15H15FO3/c1-10(17)15-13(16)4-3-5-14(15)19-12-8-6-11(18-2)7-9-12/h3-10,17H,1-2H3. The zero-order chi connectivity index (χ0) is 13.8. The first-order valence-electron chi connectivity index (χ1n) is 5.90. The Morgan fingerprint density at radius 1 is 1.05 bits per heavy atom. The molecular weight excluding hydrogens is 247 g/mol. The summed E-state index contributed by atoms with van der Waals surface area (Å²) in [6.45, 7) is 1.50. The minimum absolute atomic E-state index is 0.151. The Kier molecular flexibility index (Phi) is 4.02. The van der Waals surface area contributed by atoms with Crippen molar-refractivity contribution in [3.05, 3.63) is 53.8 Å². The predicted octanol–water partition coefficient (Wildman–Crippen LogP) is 3.68. The van der Waals surface area contributed by atoms with Crippen LogP contribution in [0.4, 0.5) is 4.39 Å². The highest BCUT2D eigenvalue weighted by Crippen LogP contribution is 2.32. The molecule has 0 aliphatic heterocycles. The molecule has 0 aromatic heterocycles. The molecule has 2 aromatic rings. The first-order valence-corrected chi connectivity index (χ1v) is 5.90. The third-order valence-corrected chi connectivity index (χ3v) is 2.72. The van der Waals surface area contributed by atoms with E-state index in [1.165, 1.54) is 13.0 Å². The van der Waals surface area contributed by atoms with E-state index < -0.39 is 11.9 Å². The zero-order valence-corrected chi connectivity index (χ0v) is 10.8. The van der Waals surface area contributed by atoms with Crippen molar-refractivity contribution in [1.29, 1.82) is 0 Å². The molecule has 0 heterocycles. The molecule has 0 bridgehead atoms. The van der Waals surface area contributed by atoms with Crippen molar-refractivity contribution in [2.24, 2.45) is 0 Å². The molecule has 3 nitrogen and oxygen atoms in total. The first kappa shape index (κ1) is 13.4. The maximum Gasteiger partial charge on any atom is 0.136 e. The van der Waals surface area contributed by atoms with Crippen molar-refractivity contribution in [3.63, 3.8) is 0 Å². The number of ether oxygens (including phenoxy) is 2. The van der Waals surface area contributed by atoms with Crippen LogP contribution in [0, 0.1) is 5.82 Å². The molecule has 2 aromatic carbocycles. The first-order chi connectivity index (χ1) is 9.11. The molecule has 0 saturated heterocycles. The Morgan fingerprint density at radius 3 is 2.26 bits per heavy atom. The van der Waals surface area contributed by atoms with Crippen molar-refractivity contribution < 1.29 is 19.0 Å². The van der Waals surface area contributed by atoms with Gasteiger partial charge >= 0.3 is 0 Å². The van der Waals surface area contributed by atoms with Crippen LogP contribution in [-0.2, 0) is 0 Å². The van der Waals surface area contributed by atoms with Gasteiger partial charge in [0.15, 0.2) is 0 Å². The molecule has 1 unspecified atom stereocenters. The Bertz CT molecular complexity index is 550. The number of hydrogen-bond donors (Lipinski definition) is 1. The van der Waals surface area contributed by atoms with E-state index >= 15 is 0 Å². The summed E-state index contributed by atoms with van der Waals surface area (Å²) in [5.41, 5.74) is 0.151. The highest BCUT2D eigenvalue weighted by atomic mass is 19.1. The van der Waals surface area contributed by atoms with Crippen molar-refractivity contribution in [2.45, 2.75) is 13.0 Å². The molecule has 0 fully saturated rings. The molecule has 1 atom stereocenters. The van der Waals surface area contributed by atoms with Gasteiger partial charge in [-0.1, -0.05) is 6.07 Å². The normalized spacial score (nSPS) is 12.0. The van der Waals surface area contributed by atoms with Crippen LogP contribution in [-0.4, -0.2) is 12.2 Å². The summed E-state index contributed by atoms with van der Waals surface area (Å²) in [6.07, 6.45) is -0.936. The second-order valence-corrected chi connectivity index (χ2v) is 4.11. The fourth-order valence-corrected chi connectivity index (χ4v) is 1.78. The lowest BCUT2D eigenvalue weighted by atomic mass is 10.1. The van der Waals surface area contributed by atoms with Gasteiger partial charge in [-0.05, 0) is 43.3 Å². The van der Waals surface area contributed by atoms with Gasteiger partial charge in [-0.15, -0.1) is 0 Å². The third kappa shape index (κ3) is 3.03. The highest BCUT2D eigenvalue weighted by molar-refractivity contribution is 5.41. The predicted molar refractivity (Wildman–Crippen MR) is 70.1 cm³/mol. The number of hydrogen-bond acceptors (Lipinski definition) is 3. The second kappa shape index (κ2) is 5.71. The average molecular weight is 262 g/mol. The lowest BCUT2D eigenvalue weighted by Crippen LogP contribution is -1.99. The van der Waals surface area contributed by atoms with Crippen LogP contribution in [0.25, 0.3) is 0 Å². The third-order valence-electron chi connectivity index (χ3n) is 2.72. The van der Waals surface area contributed by atoms with Crippen LogP contribution in [0.5, 0.6) is 17.2 Å². The number of rotatable bonds is 4. The van der Waals surface area contributed by atoms with Gasteiger partial charge in [0.05, 0.1) is 18.8 Å². The number of benzene rings is 2. The van der Waals surface area contributed by atoms with E-state index in [2.05, 4.69) is 0 Å².